The van der Waals surface area contributed by atoms with E-state index in [4.69, 9.17) is 5.73 Å². The summed E-state index contributed by atoms with van der Waals surface area (Å²) in [5, 5.41) is 6.95. The number of nitrogens with zero attached hydrogens (tertiary/aromatic N) is 4. The molecule has 0 spiro atoms. The molecular formula is C13H18Cl2N6O. The van der Waals surface area contributed by atoms with Gasteiger partial charge in [0.25, 0.3) is 0 Å². The Bertz CT molecular complexity index is 606. The van der Waals surface area contributed by atoms with Crippen LogP contribution in [0, 0.1) is 5.92 Å². The number of carbonyl (C=O) groups is 1. The first-order valence-corrected chi connectivity index (χ1v) is 6.60. The molecule has 0 bridgehead atoms. The van der Waals surface area contributed by atoms with Gasteiger partial charge in [0, 0.05) is 18.2 Å². The molecule has 3 N–H and O–H groups in total. The zero-order chi connectivity index (χ0) is 13.9. The van der Waals surface area contributed by atoms with Crippen molar-refractivity contribution in [3.63, 3.8) is 0 Å². The third-order valence-electron chi connectivity index (χ3n) is 3.52. The van der Waals surface area contributed by atoms with Crippen molar-refractivity contribution in [1.29, 1.82) is 0 Å². The fourth-order valence-corrected chi connectivity index (χ4v) is 2.48. The van der Waals surface area contributed by atoms with Gasteiger partial charge in [-0.25, -0.2) is 14.6 Å². The van der Waals surface area contributed by atoms with Crippen LogP contribution in [0.4, 0.5) is 5.69 Å². The maximum absolute atomic E-state index is 12.2. The number of carbonyl (C=O) groups excluding carboxylic acids is 1. The fraction of sp³-hybridized carbons (Fsp3) is 0.385. The first-order chi connectivity index (χ1) is 9.74. The van der Waals surface area contributed by atoms with Crippen LogP contribution < -0.4 is 11.1 Å². The number of hydrogen-bond donors (Lipinski definition) is 2. The average molecular weight is 345 g/mol. The average Bonchev–Trinajstić information content (AvgIpc) is 3.10. The Kier molecular flexibility index (Phi) is 6.73. The molecule has 0 saturated heterocycles. The molecular weight excluding hydrogens is 327 g/mol. The number of aromatic nitrogens is 4. The maximum Gasteiger partial charge on any atom is 0.227 e. The summed E-state index contributed by atoms with van der Waals surface area (Å²) in [7, 11) is 0. The van der Waals surface area contributed by atoms with E-state index < -0.39 is 0 Å². The zero-order valence-electron chi connectivity index (χ0n) is 11.8. The van der Waals surface area contributed by atoms with Crippen molar-refractivity contribution in [3.8, 4) is 5.82 Å². The fourth-order valence-electron chi connectivity index (χ4n) is 2.48. The van der Waals surface area contributed by atoms with Crippen LogP contribution in [-0.4, -0.2) is 31.7 Å². The molecule has 1 saturated carbocycles. The molecule has 22 heavy (non-hydrogen) atoms. The van der Waals surface area contributed by atoms with Crippen molar-refractivity contribution in [2.75, 3.05) is 5.32 Å². The lowest BCUT2D eigenvalue weighted by Crippen LogP contribution is -2.24. The molecule has 3 rings (SSSR count). The topological polar surface area (TPSA) is 98.7 Å². The first-order valence-electron chi connectivity index (χ1n) is 6.60. The van der Waals surface area contributed by atoms with Gasteiger partial charge in [0.1, 0.15) is 12.7 Å². The Morgan fingerprint density at radius 1 is 1.36 bits per heavy atom. The van der Waals surface area contributed by atoms with E-state index in [2.05, 4.69) is 20.4 Å². The van der Waals surface area contributed by atoms with Crippen LogP contribution >= 0.6 is 24.8 Å². The smallest absolute Gasteiger partial charge is 0.227 e. The molecule has 7 nitrogen and oxygen atoms in total. The number of amides is 1. The van der Waals surface area contributed by atoms with Crippen LogP contribution in [-0.2, 0) is 4.79 Å². The van der Waals surface area contributed by atoms with E-state index in [1.54, 1.807) is 24.7 Å². The summed E-state index contributed by atoms with van der Waals surface area (Å²) in [4.78, 5) is 20.4. The van der Waals surface area contributed by atoms with Gasteiger partial charge in [-0.3, -0.25) is 4.79 Å². The summed E-state index contributed by atoms with van der Waals surface area (Å²) in [5.74, 6) is 0.529. The number of nitrogens with two attached hydrogens (primary N) is 1. The van der Waals surface area contributed by atoms with E-state index in [-0.39, 0.29) is 42.7 Å². The summed E-state index contributed by atoms with van der Waals surface area (Å²) >= 11 is 0. The van der Waals surface area contributed by atoms with Crippen LogP contribution in [0.2, 0.25) is 0 Å². The molecule has 0 aromatic carbocycles. The highest BCUT2D eigenvalue weighted by atomic mass is 35.5. The number of anilines is 1. The highest BCUT2D eigenvalue weighted by Crippen LogP contribution is 2.26. The second-order valence-electron chi connectivity index (χ2n) is 4.97. The van der Waals surface area contributed by atoms with Crippen molar-refractivity contribution < 1.29 is 4.79 Å². The Balaban J connectivity index is 0.00000121. The predicted octanol–water partition coefficient (Wildman–Crippen LogP) is 1.57. The molecule has 1 aliphatic carbocycles. The lowest BCUT2D eigenvalue weighted by atomic mass is 10.1. The van der Waals surface area contributed by atoms with Crippen LogP contribution in [0.1, 0.15) is 19.3 Å². The molecule has 0 radical (unpaired) electrons. The van der Waals surface area contributed by atoms with Crippen LogP contribution in [0.15, 0.2) is 31.0 Å². The Morgan fingerprint density at radius 2 is 2.18 bits per heavy atom. The van der Waals surface area contributed by atoms with Crippen molar-refractivity contribution in [1.82, 2.24) is 19.7 Å². The minimum atomic E-state index is -0.0196. The van der Waals surface area contributed by atoms with Crippen LogP contribution in [0.25, 0.3) is 5.82 Å². The number of rotatable bonds is 3. The van der Waals surface area contributed by atoms with Gasteiger partial charge in [-0.1, -0.05) is 0 Å². The second kappa shape index (κ2) is 8.07. The molecule has 2 unspecified atom stereocenters. The third-order valence-corrected chi connectivity index (χ3v) is 3.52. The van der Waals surface area contributed by atoms with Crippen molar-refractivity contribution >= 4 is 36.4 Å². The van der Waals surface area contributed by atoms with E-state index in [0.717, 1.165) is 19.3 Å². The highest BCUT2D eigenvalue weighted by Gasteiger charge is 2.28. The molecule has 2 heterocycles. The molecule has 1 fully saturated rings. The van der Waals surface area contributed by atoms with Gasteiger partial charge < -0.3 is 11.1 Å². The zero-order valence-corrected chi connectivity index (χ0v) is 13.4. The number of hydrogen-bond acceptors (Lipinski definition) is 5. The van der Waals surface area contributed by atoms with E-state index >= 15 is 0 Å². The van der Waals surface area contributed by atoms with E-state index in [0.29, 0.717) is 11.5 Å². The standard InChI is InChI=1S/C13H16N6O.2ClH/c14-10-4-3-9(6-10)13(20)18-11-2-1-5-16-12(11)19-8-15-7-17-19;;/h1-2,5,7-10H,3-4,6,14H2,(H,18,20);2*1H. The highest BCUT2D eigenvalue weighted by molar-refractivity contribution is 5.94. The monoisotopic (exact) mass is 344 g/mol. The third kappa shape index (κ3) is 3.94. The minimum Gasteiger partial charge on any atom is -0.328 e. The summed E-state index contributed by atoms with van der Waals surface area (Å²) in [5.41, 5.74) is 6.48. The summed E-state index contributed by atoms with van der Waals surface area (Å²) in [6, 6.07) is 3.71. The lowest BCUT2D eigenvalue weighted by molar-refractivity contribution is -0.119. The molecule has 9 heteroatoms. The van der Waals surface area contributed by atoms with Gasteiger partial charge in [-0.05, 0) is 31.4 Å². The number of nitrogens with one attached hydrogen (secondary N) is 1. The maximum atomic E-state index is 12.2. The van der Waals surface area contributed by atoms with E-state index in [1.165, 1.54) is 11.0 Å². The SMILES string of the molecule is Cl.Cl.NC1CCC(C(=O)Nc2cccnc2-n2cncn2)C1. The van der Waals surface area contributed by atoms with E-state index in [1.807, 2.05) is 0 Å². The van der Waals surface area contributed by atoms with Crippen LogP contribution in [0.3, 0.4) is 0 Å². The van der Waals surface area contributed by atoms with Crippen molar-refractivity contribution in [2.24, 2.45) is 11.7 Å². The van der Waals surface area contributed by atoms with Gasteiger partial charge in [0.15, 0.2) is 5.82 Å². The second-order valence-corrected chi connectivity index (χ2v) is 4.97. The Labute approximate surface area is 140 Å². The summed E-state index contributed by atoms with van der Waals surface area (Å²) in [6.07, 6.45) is 7.11. The van der Waals surface area contributed by atoms with Gasteiger partial charge >= 0.3 is 0 Å². The molecule has 0 aliphatic heterocycles. The summed E-state index contributed by atoms with van der Waals surface area (Å²) in [6.45, 7) is 0. The first kappa shape index (κ1) is 18.3. The summed E-state index contributed by atoms with van der Waals surface area (Å²) < 4.78 is 1.52. The van der Waals surface area contributed by atoms with Gasteiger partial charge in [0.05, 0.1) is 5.69 Å². The number of halogens is 2. The molecule has 120 valence electrons. The van der Waals surface area contributed by atoms with Crippen molar-refractivity contribution in [2.45, 2.75) is 25.3 Å². The Hall–Kier alpha value is -1.70. The van der Waals surface area contributed by atoms with Crippen LogP contribution in [0.5, 0.6) is 0 Å². The van der Waals surface area contributed by atoms with Gasteiger partial charge in [-0.15, -0.1) is 24.8 Å². The minimum absolute atomic E-state index is 0. The van der Waals surface area contributed by atoms with E-state index in [9.17, 15) is 4.79 Å². The normalized spacial score (nSPS) is 19.9. The number of pyridine rings is 1. The quantitative estimate of drug-likeness (QED) is 0.880. The lowest BCUT2D eigenvalue weighted by Gasteiger charge is -2.13. The molecule has 1 aliphatic rings. The molecule has 2 aromatic heterocycles. The molecule has 2 aromatic rings. The van der Waals surface area contributed by atoms with Gasteiger partial charge in [-0.2, -0.15) is 5.10 Å². The Morgan fingerprint density at radius 3 is 2.82 bits per heavy atom. The predicted molar refractivity (Wildman–Crippen MR) is 87.6 cm³/mol. The largest absolute Gasteiger partial charge is 0.328 e. The van der Waals surface area contributed by atoms with Gasteiger partial charge in [0.2, 0.25) is 5.91 Å². The molecule has 2 atom stereocenters. The van der Waals surface area contributed by atoms with Crippen molar-refractivity contribution in [3.05, 3.63) is 31.0 Å². The molecule has 1 amide bonds.